The van der Waals surface area contributed by atoms with Gasteiger partial charge in [0.05, 0.1) is 5.92 Å². The molecule has 4 amide bonds. The van der Waals surface area contributed by atoms with E-state index in [9.17, 15) is 19.2 Å². The van der Waals surface area contributed by atoms with Crippen LogP contribution in [0.3, 0.4) is 0 Å². The maximum absolute atomic E-state index is 12.6. The van der Waals surface area contributed by atoms with Gasteiger partial charge >= 0.3 is 12.0 Å². The third-order valence-electron chi connectivity index (χ3n) is 6.16. The van der Waals surface area contributed by atoms with Gasteiger partial charge in [0.15, 0.2) is 6.10 Å². The van der Waals surface area contributed by atoms with Crippen LogP contribution >= 0.6 is 0 Å². The monoisotopic (exact) mass is 429 g/mol. The molecule has 1 aromatic rings. The number of carbonyl (C=O) groups excluding carboxylic acids is 4. The summed E-state index contributed by atoms with van der Waals surface area (Å²) in [6, 6.07) is 5.20. The molecular formula is C23H31N3O5. The maximum Gasteiger partial charge on any atom is 0.321 e. The molecule has 0 unspecified atom stereocenters. The fourth-order valence-corrected chi connectivity index (χ4v) is 4.13. The van der Waals surface area contributed by atoms with Crippen LogP contribution in [0.4, 0.5) is 10.5 Å². The summed E-state index contributed by atoms with van der Waals surface area (Å²) in [5.74, 6) is -2.10. The zero-order chi connectivity index (χ0) is 22.5. The van der Waals surface area contributed by atoms with Crippen LogP contribution in [0.2, 0.25) is 0 Å². The number of benzene rings is 1. The molecule has 1 saturated carbocycles. The van der Waals surface area contributed by atoms with Crippen LogP contribution in [-0.4, -0.2) is 42.5 Å². The number of nitrogens with one attached hydrogen (secondary N) is 2. The number of ether oxygens (including phenoxy) is 1. The summed E-state index contributed by atoms with van der Waals surface area (Å²) < 4.78 is 5.26. The van der Waals surface area contributed by atoms with E-state index in [0.29, 0.717) is 0 Å². The average Bonchev–Trinajstić information content (AvgIpc) is 3.12. The van der Waals surface area contributed by atoms with Gasteiger partial charge in [-0.05, 0) is 50.8 Å². The standard InChI is InChI=1S/C23H31N3O5/c1-14-8-7-11-19(15(14)2)26-13-17(12-20(26)27)22(29)31-16(3)21(28)25-23(30)24-18-9-5-4-6-10-18/h7-8,11,16-18H,4-6,9-10,12-13H2,1-3H3,(H2,24,25,28,30)/t16-,17-/m1/s1. The minimum absolute atomic E-state index is 0.0305. The molecular weight excluding hydrogens is 398 g/mol. The third-order valence-corrected chi connectivity index (χ3v) is 6.16. The van der Waals surface area contributed by atoms with Crippen molar-refractivity contribution < 1.29 is 23.9 Å². The van der Waals surface area contributed by atoms with Crippen LogP contribution in [0.5, 0.6) is 0 Å². The number of carbonyl (C=O) groups is 4. The van der Waals surface area contributed by atoms with E-state index in [4.69, 9.17) is 4.74 Å². The van der Waals surface area contributed by atoms with Gasteiger partial charge in [-0.2, -0.15) is 0 Å². The van der Waals surface area contributed by atoms with Gasteiger partial charge in [0.25, 0.3) is 5.91 Å². The second kappa shape index (κ2) is 9.94. The Hall–Kier alpha value is -2.90. The van der Waals surface area contributed by atoms with Crippen molar-refractivity contribution in [3.8, 4) is 0 Å². The molecule has 2 atom stereocenters. The number of hydrogen-bond acceptors (Lipinski definition) is 5. The Kier molecular flexibility index (Phi) is 7.30. The highest BCUT2D eigenvalue weighted by atomic mass is 16.5. The fraction of sp³-hybridized carbons (Fsp3) is 0.565. The largest absolute Gasteiger partial charge is 0.452 e. The number of esters is 1. The molecule has 1 aliphatic carbocycles. The lowest BCUT2D eigenvalue weighted by Gasteiger charge is -2.23. The molecule has 1 aromatic carbocycles. The van der Waals surface area contributed by atoms with Gasteiger partial charge in [-0.25, -0.2) is 4.79 Å². The normalized spacial score (nSPS) is 20.3. The number of rotatable bonds is 5. The second-order valence-corrected chi connectivity index (χ2v) is 8.50. The highest BCUT2D eigenvalue weighted by Crippen LogP contribution is 2.30. The number of urea groups is 1. The van der Waals surface area contributed by atoms with E-state index in [-0.39, 0.29) is 24.9 Å². The number of anilines is 1. The van der Waals surface area contributed by atoms with Crippen LogP contribution in [0.15, 0.2) is 18.2 Å². The molecule has 31 heavy (non-hydrogen) atoms. The van der Waals surface area contributed by atoms with Gasteiger partial charge in [0, 0.05) is 24.7 Å². The molecule has 0 bridgehead atoms. The molecule has 0 spiro atoms. The molecule has 1 aliphatic heterocycles. The van der Waals surface area contributed by atoms with E-state index in [0.717, 1.165) is 48.9 Å². The fourth-order valence-electron chi connectivity index (χ4n) is 4.13. The number of aryl methyl sites for hydroxylation is 1. The van der Waals surface area contributed by atoms with Crippen LogP contribution < -0.4 is 15.5 Å². The van der Waals surface area contributed by atoms with Gasteiger partial charge in [-0.1, -0.05) is 31.4 Å². The number of imide groups is 1. The SMILES string of the molecule is Cc1cccc(N2C[C@H](C(=O)O[C@H](C)C(=O)NC(=O)NC3CCCCC3)CC2=O)c1C. The minimum atomic E-state index is -1.13. The number of amides is 4. The van der Waals surface area contributed by atoms with Crippen LogP contribution in [0.25, 0.3) is 0 Å². The summed E-state index contributed by atoms with van der Waals surface area (Å²) in [5, 5.41) is 5.03. The van der Waals surface area contributed by atoms with Gasteiger partial charge in [-0.15, -0.1) is 0 Å². The summed E-state index contributed by atoms with van der Waals surface area (Å²) in [6.45, 7) is 5.53. The van der Waals surface area contributed by atoms with Crippen LogP contribution in [0.1, 0.15) is 56.6 Å². The summed E-state index contributed by atoms with van der Waals surface area (Å²) in [7, 11) is 0. The topological polar surface area (TPSA) is 105 Å². The third kappa shape index (κ3) is 5.62. The van der Waals surface area contributed by atoms with E-state index < -0.39 is 29.9 Å². The lowest BCUT2D eigenvalue weighted by atomic mass is 9.96. The summed E-state index contributed by atoms with van der Waals surface area (Å²) >= 11 is 0. The van der Waals surface area contributed by atoms with Crippen molar-refractivity contribution >= 4 is 29.5 Å². The van der Waals surface area contributed by atoms with E-state index in [1.54, 1.807) is 4.90 Å². The molecule has 2 fully saturated rings. The Morgan fingerprint density at radius 1 is 1.13 bits per heavy atom. The number of hydrogen-bond donors (Lipinski definition) is 2. The minimum Gasteiger partial charge on any atom is -0.452 e. The molecule has 8 heteroatoms. The Morgan fingerprint density at radius 2 is 1.84 bits per heavy atom. The summed E-state index contributed by atoms with van der Waals surface area (Å²) in [5.41, 5.74) is 2.83. The van der Waals surface area contributed by atoms with E-state index in [1.807, 2.05) is 32.0 Å². The maximum atomic E-state index is 12.6. The first-order valence-electron chi connectivity index (χ1n) is 10.9. The van der Waals surface area contributed by atoms with E-state index in [1.165, 1.54) is 6.92 Å². The number of nitrogens with zero attached hydrogens (tertiary/aromatic N) is 1. The molecule has 8 nitrogen and oxygen atoms in total. The Morgan fingerprint density at radius 3 is 2.55 bits per heavy atom. The first-order valence-corrected chi connectivity index (χ1v) is 10.9. The van der Waals surface area contributed by atoms with Crippen molar-refractivity contribution in [2.45, 2.75) is 71.4 Å². The Balaban J connectivity index is 1.51. The first kappa shape index (κ1) is 22.8. The van der Waals surface area contributed by atoms with Crippen molar-refractivity contribution in [2.75, 3.05) is 11.4 Å². The molecule has 2 N–H and O–H groups in total. The Labute approximate surface area is 182 Å². The Bertz CT molecular complexity index is 863. The molecule has 168 valence electrons. The van der Waals surface area contributed by atoms with E-state index in [2.05, 4.69) is 10.6 Å². The zero-order valence-corrected chi connectivity index (χ0v) is 18.4. The zero-order valence-electron chi connectivity index (χ0n) is 18.4. The lowest BCUT2D eigenvalue weighted by Crippen LogP contribution is -2.48. The quantitative estimate of drug-likeness (QED) is 0.701. The highest BCUT2D eigenvalue weighted by molar-refractivity contribution is 6.01. The molecule has 3 rings (SSSR count). The lowest BCUT2D eigenvalue weighted by molar-refractivity contribution is -0.158. The van der Waals surface area contributed by atoms with Gasteiger partial charge in [0.2, 0.25) is 5.91 Å². The molecule has 1 heterocycles. The predicted octanol–water partition coefficient (Wildman–Crippen LogP) is 2.75. The average molecular weight is 430 g/mol. The molecule has 1 saturated heterocycles. The predicted molar refractivity (Wildman–Crippen MR) is 115 cm³/mol. The van der Waals surface area contributed by atoms with Gasteiger partial charge in [-0.3, -0.25) is 19.7 Å². The second-order valence-electron chi connectivity index (χ2n) is 8.50. The molecule has 2 aliphatic rings. The summed E-state index contributed by atoms with van der Waals surface area (Å²) in [6.07, 6.45) is 3.99. The molecule has 0 aromatic heterocycles. The van der Waals surface area contributed by atoms with Crippen molar-refractivity contribution in [3.05, 3.63) is 29.3 Å². The van der Waals surface area contributed by atoms with Crippen LogP contribution in [0, 0.1) is 19.8 Å². The highest BCUT2D eigenvalue weighted by Gasteiger charge is 2.38. The van der Waals surface area contributed by atoms with Crippen molar-refractivity contribution in [3.63, 3.8) is 0 Å². The van der Waals surface area contributed by atoms with Crippen molar-refractivity contribution in [2.24, 2.45) is 5.92 Å². The smallest absolute Gasteiger partial charge is 0.321 e. The van der Waals surface area contributed by atoms with Crippen molar-refractivity contribution in [1.82, 2.24) is 10.6 Å². The summed E-state index contributed by atoms with van der Waals surface area (Å²) in [4.78, 5) is 50.9. The van der Waals surface area contributed by atoms with Crippen molar-refractivity contribution in [1.29, 1.82) is 0 Å². The van der Waals surface area contributed by atoms with Crippen LogP contribution in [-0.2, 0) is 19.1 Å². The molecule has 0 radical (unpaired) electrons. The van der Waals surface area contributed by atoms with Gasteiger partial charge < -0.3 is 15.0 Å². The van der Waals surface area contributed by atoms with E-state index >= 15 is 0 Å². The first-order chi connectivity index (χ1) is 14.8. The van der Waals surface area contributed by atoms with Gasteiger partial charge in [0.1, 0.15) is 0 Å².